The van der Waals surface area contributed by atoms with E-state index in [9.17, 15) is 5.11 Å². The first-order chi connectivity index (χ1) is 7.18. The number of aryl methyl sites for hydroxylation is 1. The SMILES string of the molecule is Cc1cc2c(n1C1CC1C)CCCC2O. The van der Waals surface area contributed by atoms with Crippen LogP contribution in [0.1, 0.15) is 55.3 Å². The molecule has 0 aliphatic heterocycles. The maximum atomic E-state index is 9.95. The van der Waals surface area contributed by atoms with Crippen LogP contribution in [0, 0.1) is 12.8 Å². The van der Waals surface area contributed by atoms with E-state index < -0.39 is 0 Å². The van der Waals surface area contributed by atoms with E-state index in [1.807, 2.05) is 0 Å². The average molecular weight is 205 g/mol. The average Bonchev–Trinajstić information content (AvgIpc) is 2.78. The van der Waals surface area contributed by atoms with Crippen molar-refractivity contribution in [3.63, 3.8) is 0 Å². The van der Waals surface area contributed by atoms with Crippen molar-refractivity contribution in [3.8, 4) is 0 Å². The lowest BCUT2D eigenvalue weighted by Gasteiger charge is -2.20. The number of aliphatic hydroxyl groups excluding tert-OH is 1. The lowest BCUT2D eigenvalue weighted by molar-refractivity contribution is 0.155. The van der Waals surface area contributed by atoms with E-state index in [-0.39, 0.29) is 6.10 Å². The van der Waals surface area contributed by atoms with Gasteiger partial charge in [-0.1, -0.05) is 6.92 Å². The highest BCUT2D eigenvalue weighted by Crippen LogP contribution is 2.46. The van der Waals surface area contributed by atoms with Crippen LogP contribution in [0.3, 0.4) is 0 Å². The Morgan fingerprint density at radius 1 is 1.47 bits per heavy atom. The van der Waals surface area contributed by atoms with E-state index in [1.165, 1.54) is 23.4 Å². The first kappa shape index (κ1) is 9.46. The summed E-state index contributed by atoms with van der Waals surface area (Å²) < 4.78 is 2.49. The van der Waals surface area contributed by atoms with Gasteiger partial charge >= 0.3 is 0 Å². The quantitative estimate of drug-likeness (QED) is 0.749. The fourth-order valence-corrected chi connectivity index (χ4v) is 3.03. The van der Waals surface area contributed by atoms with Crippen molar-refractivity contribution in [2.75, 3.05) is 0 Å². The van der Waals surface area contributed by atoms with Crippen LogP contribution in [0.4, 0.5) is 0 Å². The summed E-state index contributed by atoms with van der Waals surface area (Å²) >= 11 is 0. The van der Waals surface area contributed by atoms with E-state index in [2.05, 4.69) is 24.5 Å². The molecule has 2 aliphatic carbocycles. The number of hydrogen-bond donors (Lipinski definition) is 1. The van der Waals surface area contributed by atoms with Crippen molar-refractivity contribution in [2.24, 2.45) is 5.92 Å². The second-order valence-electron chi connectivity index (χ2n) is 5.25. The molecule has 1 aromatic rings. The standard InChI is InChI=1S/C13H19NO/c1-8-6-12(8)14-9(2)7-10-11(14)4-3-5-13(10)15/h7-8,12-13,15H,3-6H2,1-2H3. The highest BCUT2D eigenvalue weighted by atomic mass is 16.3. The van der Waals surface area contributed by atoms with Gasteiger partial charge in [0.1, 0.15) is 0 Å². The van der Waals surface area contributed by atoms with Crippen LogP contribution >= 0.6 is 0 Å². The smallest absolute Gasteiger partial charge is 0.0807 e. The lowest BCUT2D eigenvalue weighted by Crippen LogP contribution is -2.12. The van der Waals surface area contributed by atoms with E-state index >= 15 is 0 Å². The maximum Gasteiger partial charge on any atom is 0.0807 e. The Labute approximate surface area is 90.9 Å². The minimum Gasteiger partial charge on any atom is -0.388 e. The fraction of sp³-hybridized carbons (Fsp3) is 0.692. The Balaban J connectivity index is 2.06. The first-order valence-electron chi connectivity index (χ1n) is 6.07. The summed E-state index contributed by atoms with van der Waals surface area (Å²) in [6.45, 7) is 4.49. The molecule has 3 unspecified atom stereocenters. The van der Waals surface area contributed by atoms with Crippen LogP contribution in [0.5, 0.6) is 0 Å². The van der Waals surface area contributed by atoms with Gasteiger partial charge in [0.15, 0.2) is 0 Å². The van der Waals surface area contributed by atoms with Crippen LogP contribution in [-0.2, 0) is 6.42 Å². The minimum absolute atomic E-state index is 0.206. The number of aromatic nitrogens is 1. The predicted molar refractivity (Wildman–Crippen MR) is 59.9 cm³/mol. The molecule has 1 N–H and O–H groups in total. The summed E-state index contributed by atoms with van der Waals surface area (Å²) in [5.41, 5.74) is 3.97. The molecule has 0 aromatic carbocycles. The van der Waals surface area contributed by atoms with Crippen LogP contribution in [0.15, 0.2) is 6.07 Å². The van der Waals surface area contributed by atoms with Gasteiger partial charge in [-0.3, -0.25) is 0 Å². The van der Waals surface area contributed by atoms with Gasteiger partial charge in [-0.05, 0) is 44.6 Å². The van der Waals surface area contributed by atoms with Gasteiger partial charge in [0.2, 0.25) is 0 Å². The highest BCUT2D eigenvalue weighted by molar-refractivity contribution is 5.33. The van der Waals surface area contributed by atoms with Gasteiger partial charge in [0.25, 0.3) is 0 Å². The van der Waals surface area contributed by atoms with E-state index in [1.54, 1.807) is 0 Å². The molecule has 2 aliphatic rings. The molecule has 1 aromatic heterocycles. The third kappa shape index (κ3) is 1.35. The zero-order valence-electron chi connectivity index (χ0n) is 9.53. The second kappa shape index (κ2) is 3.11. The Hall–Kier alpha value is -0.760. The predicted octanol–water partition coefficient (Wildman–Crippen LogP) is 2.75. The van der Waals surface area contributed by atoms with E-state index in [0.29, 0.717) is 0 Å². The van der Waals surface area contributed by atoms with Crippen molar-refractivity contribution in [1.82, 2.24) is 4.57 Å². The summed E-state index contributed by atoms with van der Waals surface area (Å²) in [6, 6.07) is 2.92. The summed E-state index contributed by atoms with van der Waals surface area (Å²) in [7, 11) is 0. The van der Waals surface area contributed by atoms with Crippen LogP contribution < -0.4 is 0 Å². The zero-order chi connectivity index (χ0) is 10.6. The number of nitrogens with zero attached hydrogens (tertiary/aromatic N) is 1. The molecule has 0 spiro atoms. The summed E-state index contributed by atoms with van der Waals surface area (Å²) in [5.74, 6) is 0.833. The molecule has 82 valence electrons. The Morgan fingerprint density at radius 3 is 2.87 bits per heavy atom. The molecule has 0 saturated heterocycles. The largest absolute Gasteiger partial charge is 0.388 e. The molecule has 0 bridgehead atoms. The molecule has 3 rings (SSSR count). The van der Waals surface area contributed by atoms with Gasteiger partial charge in [0.05, 0.1) is 6.10 Å². The van der Waals surface area contributed by atoms with Crippen molar-refractivity contribution in [3.05, 3.63) is 23.0 Å². The minimum atomic E-state index is -0.206. The molecular weight excluding hydrogens is 186 g/mol. The third-order valence-corrected chi connectivity index (χ3v) is 4.02. The second-order valence-corrected chi connectivity index (χ2v) is 5.25. The molecular formula is C13H19NO. The van der Waals surface area contributed by atoms with E-state index in [4.69, 9.17) is 0 Å². The Morgan fingerprint density at radius 2 is 2.20 bits per heavy atom. The van der Waals surface area contributed by atoms with Gasteiger partial charge in [-0.15, -0.1) is 0 Å². The summed E-state index contributed by atoms with van der Waals surface area (Å²) in [6.07, 6.45) is 4.35. The van der Waals surface area contributed by atoms with Crippen molar-refractivity contribution >= 4 is 0 Å². The summed E-state index contributed by atoms with van der Waals surface area (Å²) in [5, 5.41) is 9.95. The fourth-order valence-electron chi connectivity index (χ4n) is 3.03. The lowest BCUT2D eigenvalue weighted by atomic mass is 9.95. The van der Waals surface area contributed by atoms with Crippen molar-refractivity contribution < 1.29 is 5.11 Å². The maximum absolute atomic E-state index is 9.95. The number of aliphatic hydroxyl groups is 1. The molecule has 2 heteroatoms. The normalized spacial score (nSPS) is 33.9. The Bertz CT molecular complexity index is 393. The Kier molecular flexibility index (Phi) is 1.96. The van der Waals surface area contributed by atoms with E-state index in [0.717, 1.165) is 31.2 Å². The molecule has 2 nitrogen and oxygen atoms in total. The van der Waals surface area contributed by atoms with Gasteiger partial charge in [-0.2, -0.15) is 0 Å². The monoisotopic (exact) mass is 205 g/mol. The molecule has 3 atom stereocenters. The van der Waals surface area contributed by atoms with Gasteiger partial charge in [0, 0.05) is 23.0 Å². The molecule has 0 radical (unpaired) electrons. The van der Waals surface area contributed by atoms with Gasteiger partial charge < -0.3 is 9.67 Å². The third-order valence-electron chi connectivity index (χ3n) is 4.02. The molecule has 0 amide bonds. The zero-order valence-corrected chi connectivity index (χ0v) is 9.53. The van der Waals surface area contributed by atoms with Crippen molar-refractivity contribution in [1.29, 1.82) is 0 Å². The van der Waals surface area contributed by atoms with Crippen LogP contribution in [-0.4, -0.2) is 9.67 Å². The number of rotatable bonds is 1. The van der Waals surface area contributed by atoms with Gasteiger partial charge in [-0.25, -0.2) is 0 Å². The van der Waals surface area contributed by atoms with Crippen LogP contribution in [0.25, 0.3) is 0 Å². The summed E-state index contributed by atoms with van der Waals surface area (Å²) in [4.78, 5) is 0. The highest BCUT2D eigenvalue weighted by Gasteiger charge is 2.37. The number of fused-ring (bicyclic) bond motifs is 1. The molecule has 1 fully saturated rings. The molecule has 15 heavy (non-hydrogen) atoms. The number of hydrogen-bond acceptors (Lipinski definition) is 1. The topological polar surface area (TPSA) is 25.2 Å². The first-order valence-corrected chi connectivity index (χ1v) is 6.07. The molecule has 1 saturated carbocycles. The molecule has 1 heterocycles. The van der Waals surface area contributed by atoms with Crippen LogP contribution in [0.2, 0.25) is 0 Å². The van der Waals surface area contributed by atoms with Crippen molar-refractivity contribution in [2.45, 2.75) is 51.7 Å².